The zero-order chi connectivity index (χ0) is 16.2. The first-order chi connectivity index (χ1) is 9.64. The summed E-state index contributed by atoms with van der Waals surface area (Å²) >= 11 is 0. The average Bonchev–Trinajstić information content (AvgIpc) is 2.38. The van der Waals surface area contributed by atoms with Crippen LogP contribution >= 0.6 is 0 Å². The molecule has 0 heterocycles. The zero-order valence-electron chi connectivity index (χ0n) is 12.2. The van der Waals surface area contributed by atoms with E-state index in [1.165, 1.54) is 24.3 Å². The Morgan fingerprint density at radius 2 is 1.00 bits per heavy atom. The molecule has 0 aliphatic rings. The van der Waals surface area contributed by atoms with Gasteiger partial charge < -0.3 is 25.5 Å². The van der Waals surface area contributed by atoms with Gasteiger partial charge in [0.1, 0.15) is 0 Å². The van der Waals surface area contributed by atoms with Gasteiger partial charge in [-0.05, 0) is 23.6 Å². The van der Waals surface area contributed by atoms with Gasteiger partial charge >= 0.3 is 0 Å². The van der Waals surface area contributed by atoms with Crippen molar-refractivity contribution in [1.82, 2.24) is 0 Å². The van der Waals surface area contributed by atoms with Gasteiger partial charge in [-0.2, -0.15) is 0 Å². The molecule has 0 saturated carbocycles. The topological polar surface area (TPSA) is 101 Å². The molecule has 21 heavy (non-hydrogen) atoms. The maximum Gasteiger partial charge on any atom is 0.200 e. The predicted molar refractivity (Wildman–Crippen MR) is 79.9 cm³/mol. The van der Waals surface area contributed by atoms with Crippen molar-refractivity contribution in [3.05, 3.63) is 42.0 Å². The quantitative estimate of drug-likeness (QED) is 0.480. The number of phenolic OH excluding ortho intramolecular Hbond substituents is 5. The molecule has 114 valence electrons. The molecule has 0 aromatic heterocycles. The van der Waals surface area contributed by atoms with E-state index >= 15 is 0 Å². The van der Waals surface area contributed by atoms with Crippen LogP contribution in [0.15, 0.2) is 36.4 Å². The van der Waals surface area contributed by atoms with E-state index in [4.69, 9.17) is 15.3 Å². The van der Waals surface area contributed by atoms with E-state index < -0.39 is 5.75 Å². The first-order valence-electron chi connectivity index (χ1n) is 6.36. The molecule has 0 saturated heterocycles. The van der Waals surface area contributed by atoms with E-state index in [1.807, 2.05) is 26.8 Å². The standard InChI is InChI=1S/C10H14O2.C6H6O3/c1-10(2,3)7-5-4-6-8(11)9(7)12;7-4-2-1-3-5(8)6(4)9/h4-6,11-12H,1-3H3;1-3,7-9H. The average molecular weight is 292 g/mol. The summed E-state index contributed by atoms with van der Waals surface area (Å²) in [5.74, 6) is -1.16. The van der Waals surface area contributed by atoms with Crippen LogP contribution < -0.4 is 0 Å². The van der Waals surface area contributed by atoms with Gasteiger partial charge in [-0.15, -0.1) is 0 Å². The molecular formula is C16H20O5. The molecule has 0 amide bonds. The third-order valence-electron chi connectivity index (χ3n) is 2.82. The summed E-state index contributed by atoms with van der Waals surface area (Å²) in [7, 11) is 0. The van der Waals surface area contributed by atoms with Gasteiger partial charge in [-0.3, -0.25) is 0 Å². The Morgan fingerprint density at radius 1 is 0.619 bits per heavy atom. The monoisotopic (exact) mass is 292 g/mol. The molecular weight excluding hydrogens is 272 g/mol. The number of phenols is 5. The van der Waals surface area contributed by atoms with Crippen molar-refractivity contribution >= 4 is 0 Å². The van der Waals surface area contributed by atoms with E-state index in [-0.39, 0.29) is 28.4 Å². The van der Waals surface area contributed by atoms with Crippen LogP contribution in [0.25, 0.3) is 0 Å². The Labute approximate surface area is 123 Å². The molecule has 2 aromatic rings. The lowest BCUT2D eigenvalue weighted by molar-refractivity contribution is 0.368. The third-order valence-corrected chi connectivity index (χ3v) is 2.82. The van der Waals surface area contributed by atoms with E-state index in [0.29, 0.717) is 0 Å². The van der Waals surface area contributed by atoms with Crippen molar-refractivity contribution in [3.8, 4) is 28.7 Å². The number of hydrogen-bond acceptors (Lipinski definition) is 5. The lowest BCUT2D eigenvalue weighted by atomic mass is 9.86. The highest BCUT2D eigenvalue weighted by atomic mass is 16.3. The number of para-hydroxylation sites is 2. The molecule has 0 bridgehead atoms. The Kier molecular flexibility index (Phi) is 4.92. The van der Waals surface area contributed by atoms with Crippen LogP contribution in [0.1, 0.15) is 26.3 Å². The highest BCUT2D eigenvalue weighted by Gasteiger charge is 2.19. The van der Waals surface area contributed by atoms with Crippen molar-refractivity contribution in [2.24, 2.45) is 0 Å². The van der Waals surface area contributed by atoms with Crippen molar-refractivity contribution in [2.45, 2.75) is 26.2 Å². The second kappa shape index (κ2) is 6.26. The molecule has 0 aliphatic carbocycles. The van der Waals surface area contributed by atoms with Gasteiger partial charge in [0.05, 0.1) is 0 Å². The van der Waals surface area contributed by atoms with E-state index in [9.17, 15) is 10.2 Å². The van der Waals surface area contributed by atoms with E-state index in [2.05, 4.69) is 0 Å². The minimum atomic E-state index is -0.475. The second-order valence-corrected chi connectivity index (χ2v) is 5.57. The summed E-state index contributed by atoms with van der Waals surface area (Å²) < 4.78 is 0. The van der Waals surface area contributed by atoms with Crippen molar-refractivity contribution < 1.29 is 25.5 Å². The number of aromatic hydroxyl groups is 5. The maximum absolute atomic E-state index is 9.48. The number of hydrogen-bond donors (Lipinski definition) is 5. The van der Waals surface area contributed by atoms with Gasteiger partial charge in [0.15, 0.2) is 28.7 Å². The molecule has 0 aliphatic heterocycles. The van der Waals surface area contributed by atoms with Crippen LogP contribution in [0.3, 0.4) is 0 Å². The van der Waals surface area contributed by atoms with Gasteiger partial charge in [-0.25, -0.2) is 0 Å². The number of benzene rings is 2. The Bertz CT molecular complexity index is 594. The minimum absolute atomic E-state index is 0.00926. The fraction of sp³-hybridized carbons (Fsp3) is 0.250. The van der Waals surface area contributed by atoms with E-state index in [0.717, 1.165) is 5.56 Å². The first kappa shape index (κ1) is 16.5. The Balaban J connectivity index is 0.000000219. The fourth-order valence-electron chi connectivity index (χ4n) is 1.66. The second-order valence-electron chi connectivity index (χ2n) is 5.57. The molecule has 5 nitrogen and oxygen atoms in total. The molecule has 2 rings (SSSR count). The van der Waals surface area contributed by atoms with E-state index in [1.54, 1.807) is 6.07 Å². The van der Waals surface area contributed by atoms with Crippen molar-refractivity contribution in [2.75, 3.05) is 0 Å². The van der Waals surface area contributed by atoms with Gasteiger partial charge in [0.2, 0.25) is 0 Å². The van der Waals surface area contributed by atoms with Crippen molar-refractivity contribution in [3.63, 3.8) is 0 Å². The number of rotatable bonds is 0. The summed E-state index contributed by atoms with van der Waals surface area (Å²) in [5, 5.41) is 44.8. The van der Waals surface area contributed by atoms with Gasteiger partial charge in [0.25, 0.3) is 0 Å². The van der Waals surface area contributed by atoms with Crippen LogP contribution in [0.2, 0.25) is 0 Å². The van der Waals surface area contributed by atoms with Gasteiger partial charge in [0, 0.05) is 5.56 Å². The predicted octanol–water partition coefficient (Wildman–Crippen LogP) is 3.20. The van der Waals surface area contributed by atoms with Crippen molar-refractivity contribution in [1.29, 1.82) is 0 Å². The third kappa shape index (κ3) is 4.21. The SMILES string of the molecule is CC(C)(C)c1cccc(O)c1O.Oc1cccc(O)c1O. The summed E-state index contributed by atoms with van der Waals surface area (Å²) in [6.45, 7) is 5.96. The lowest BCUT2D eigenvalue weighted by Gasteiger charge is -2.20. The molecule has 5 N–H and O–H groups in total. The molecule has 0 fully saturated rings. The molecule has 0 atom stereocenters. The van der Waals surface area contributed by atoms with Crippen LogP contribution in [-0.2, 0) is 5.41 Å². The van der Waals surface area contributed by atoms with Gasteiger partial charge in [-0.1, -0.05) is 39.0 Å². The molecule has 2 aromatic carbocycles. The lowest BCUT2D eigenvalue weighted by Crippen LogP contribution is -2.10. The fourth-order valence-corrected chi connectivity index (χ4v) is 1.66. The first-order valence-corrected chi connectivity index (χ1v) is 6.36. The summed E-state index contributed by atoms with van der Waals surface area (Å²) in [6.07, 6.45) is 0. The highest BCUT2D eigenvalue weighted by molar-refractivity contribution is 5.48. The molecule has 5 heteroatoms. The van der Waals surface area contributed by atoms with Crippen LogP contribution in [-0.4, -0.2) is 25.5 Å². The summed E-state index contributed by atoms with van der Waals surface area (Å²) in [6, 6.07) is 9.03. The Hall–Kier alpha value is -2.56. The summed E-state index contributed by atoms with van der Waals surface area (Å²) in [4.78, 5) is 0. The molecule has 0 spiro atoms. The van der Waals surface area contributed by atoms with Crippen LogP contribution in [0.5, 0.6) is 28.7 Å². The zero-order valence-corrected chi connectivity index (χ0v) is 12.2. The summed E-state index contributed by atoms with van der Waals surface area (Å²) in [5.41, 5.74) is 0.630. The molecule has 0 radical (unpaired) electrons. The smallest absolute Gasteiger partial charge is 0.200 e. The van der Waals surface area contributed by atoms with Crippen LogP contribution in [0, 0.1) is 0 Å². The largest absolute Gasteiger partial charge is 0.504 e. The minimum Gasteiger partial charge on any atom is -0.504 e. The van der Waals surface area contributed by atoms with Crippen LogP contribution in [0.4, 0.5) is 0 Å². The normalized spacial score (nSPS) is 10.6. The molecule has 0 unspecified atom stereocenters. The Morgan fingerprint density at radius 3 is 1.33 bits per heavy atom. The maximum atomic E-state index is 9.48. The highest BCUT2D eigenvalue weighted by Crippen LogP contribution is 2.36.